The Balaban J connectivity index is 1.99. The molecule has 5 nitrogen and oxygen atoms in total. The second-order valence-corrected chi connectivity index (χ2v) is 4.90. The Morgan fingerprint density at radius 3 is 2.67 bits per heavy atom. The van der Waals surface area contributed by atoms with E-state index in [0.29, 0.717) is 12.0 Å². The van der Waals surface area contributed by atoms with Crippen LogP contribution in [0.15, 0.2) is 42.5 Å². The first-order valence-electron chi connectivity index (χ1n) is 6.52. The summed E-state index contributed by atoms with van der Waals surface area (Å²) in [5, 5.41) is 18.9. The lowest BCUT2D eigenvalue weighted by Gasteiger charge is -2.06. The van der Waals surface area contributed by atoms with Crippen LogP contribution in [0.1, 0.15) is 21.7 Å². The lowest BCUT2D eigenvalue weighted by molar-refractivity contribution is 0.0696. The number of benzene rings is 2. The van der Waals surface area contributed by atoms with Crippen molar-refractivity contribution in [1.29, 1.82) is 0 Å². The molecule has 106 valence electrons. The summed E-state index contributed by atoms with van der Waals surface area (Å²) in [5.74, 6) is -0.267. The van der Waals surface area contributed by atoms with E-state index in [2.05, 4.69) is 4.98 Å². The number of phenolic OH excluding ortho intramolecular Hbond substituents is 1. The summed E-state index contributed by atoms with van der Waals surface area (Å²) >= 11 is 0. The summed E-state index contributed by atoms with van der Waals surface area (Å²) in [7, 11) is 1.92. The van der Waals surface area contributed by atoms with E-state index in [1.807, 2.05) is 35.9 Å². The van der Waals surface area contributed by atoms with Crippen molar-refractivity contribution in [2.75, 3.05) is 0 Å². The number of hydrogen-bond donors (Lipinski definition) is 2. The highest BCUT2D eigenvalue weighted by molar-refractivity contribution is 5.88. The standard InChI is InChI=1S/C16H14N2O3/c1-18-13-5-3-2-4-12(13)17-15(18)9-10-6-7-11(16(20)21)8-14(10)19/h2-8,19H,9H2,1H3,(H,20,21). The van der Waals surface area contributed by atoms with Crippen LogP contribution in [0, 0.1) is 0 Å². The minimum Gasteiger partial charge on any atom is -0.508 e. The number of fused-ring (bicyclic) bond motifs is 1. The molecule has 0 aliphatic rings. The fourth-order valence-corrected chi connectivity index (χ4v) is 2.37. The molecule has 0 aliphatic carbocycles. The van der Waals surface area contributed by atoms with Gasteiger partial charge in [0.2, 0.25) is 0 Å². The number of phenols is 1. The molecule has 3 rings (SSSR count). The summed E-state index contributed by atoms with van der Waals surface area (Å²) in [6, 6.07) is 12.2. The maximum atomic E-state index is 10.9. The van der Waals surface area contributed by atoms with Crippen LogP contribution in [0.3, 0.4) is 0 Å². The number of aromatic carboxylic acids is 1. The number of para-hydroxylation sites is 2. The van der Waals surface area contributed by atoms with Crippen LogP contribution in [0.5, 0.6) is 5.75 Å². The number of hydrogen-bond acceptors (Lipinski definition) is 3. The molecule has 2 aromatic carbocycles. The summed E-state index contributed by atoms with van der Waals surface area (Å²) in [4.78, 5) is 15.4. The van der Waals surface area contributed by atoms with Gasteiger partial charge in [0.1, 0.15) is 11.6 Å². The molecule has 0 amide bonds. The zero-order valence-electron chi connectivity index (χ0n) is 11.4. The molecule has 1 aromatic heterocycles. The molecule has 5 heteroatoms. The van der Waals surface area contributed by atoms with Crippen LogP contribution in [-0.2, 0) is 13.5 Å². The highest BCUT2D eigenvalue weighted by Crippen LogP contribution is 2.23. The fraction of sp³-hybridized carbons (Fsp3) is 0.125. The zero-order chi connectivity index (χ0) is 15.0. The SMILES string of the molecule is Cn1c(Cc2ccc(C(=O)O)cc2O)nc2ccccc21. The number of carbonyl (C=O) groups is 1. The minimum absolute atomic E-state index is 0.0260. The van der Waals surface area contributed by atoms with E-state index in [4.69, 9.17) is 5.11 Å². The lowest BCUT2D eigenvalue weighted by Crippen LogP contribution is -2.01. The van der Waals surface area contributed by atoms with Gasteiger partial charge in [0, 0.05) is 19.0 Å². The average molecular weight is 282 g/mol. The van der Waals surface area contributed by atoms with Crippen LogP contribution < -0.4 is 0 Å². The molecule has 1 heterocycles. The Morgan fingerprint density at radius 2 is 2.00 bits per heavy atom. The van der Waals surface area contributed by atoms with Crippen molar-refractivity contribution in [1.82, 2.24) is 9.55 Å². The molecule has 0 spiro atoms. The van der Waals surface area contributed by atoms with Gasteiger partial charge in [0.05, 0.1) is 16.6 Å². The van der Waals surface area contributed by atoms with Crippen molar-refractivity contribution in [3.8, 4) is 5.75 Å². The topological polar surface area (TPSA) is 75.4 Å². The second-order valence-electron chi connectivity index (χ2n) is 4.90. The van der Waals surface area contributed by atoms with Gasteiger partial charge in [-0.1, -0.05) is 18.2 Å². The van der Waals surface area contributed by atoms with E-state index >= 15 is 0 Å². The smallest absolute Gasteiger partial charge is 0.335 e. The van der Waals surface area contributed by atoms with Gasteiger partial charge < -0.3 is 14.8 Å². The third-order valence-electron chi connectivity index (χ3n) is 3.56. The van der Waals surface area contributed by atoms with Crippen LogP contribution in [0.25, 0.3) is 11.0 Å². The van der Waals surface area contributed by atoms with E-state index in [1.54, 1.807) is 6.07 Å². The van der Waals surface area contributed by atoms with E-state index < -0.39 is 5.97 Å². The Bertz CT molecular complexity index is 837. The number of carboxylic acids is 1. The number of nitrogens with zero attached hydrogens (tertiary/aromatic N) is 2. The van der Waals surface area contributed by atoms with Gasteiger partial charge in [0.25, 0.3) is 0 Å². The summed E-state index contributed by atoms with van der Waals surface area (Å²) < 4.78 is 1.97. The maximum Gasteiger partial charge on any atom is 0.335 e. The maximum absolute atomic E-state index is 10.9. The quantitative estimate of drug-likeness (QED) is 0.774. The molecule has 3 aromatic rings. The van der Waals surface area contributed by atoms with Crippen molar-refractivity contribution in [3.63, 3.8) is 0 Å². The van der Waals surface area contributed by atoms with Crippen LogP contribution in [0.4, 0.5) is 0 Å². The molecule has 2 N–H and O–H groups in total. The fourth-order valence-electron chi connectivity index (χ4n) is 2.37. The van der Waals surface area contributed by atoms with Gasteiger partial charge in [-0.3, -0.25) is 0 Å². The Kier molecular flexibility index (Phi) is 3.10. The molecular formula is C16H14N2O3. The minimum atomic E-state index is -1.06. The van der Waals surface area contributed by atoms with E-state index in [-0.39, 0.29) is 11.3 Å². The number of imidazole rings is 1. The van der Waals surface area contributed by atoms with Gasteiger partial charge in [-0.05, 0) is 24.3 Å². The Morgan fingerprint density at radius 1 is 1.24 bits per heavy atom. The molecule has 0 saturated carbocycles. The van der Waals surface area contributed by atoms with Crippen LogP contribution in [-0.4, -0.2) is 25.7 Å². The molecule has 0 radical (unpaired) electrons. The molecule has 0 unspecified atom stereocenters. The predicted octanol–water partition coefficient (Wildman–Crippen LogP) is 2.57. The number of carboxylic acid groups (broad SMARTS) is 1. The van der Waals surface area contributed by atoms with Gasteiger partial charge in [-0.2, -0.15) is 0 Å². The van der Waals surface area contributed by atoms with E-state index in [0.717, 1.165) is 16.9 Å². The average Bonchev–Trinajstić information content (AvgIpc) is 2.78. The summed E-state index contributed by atoms with van der Waals surface area (Å²) in [6.45, 7) is 0. The Labute approximate surface area is 121 Å². The summed E-state index contributed by atoms with van der Waals surface area (Å²) in [6.07, 6.45) is 0.441. The van der Waals surface area contributed by atoms with Crippen LogP contribution in [0.2, 0.25) is 0 Å². The largest absolute Gasteiger partial charge is 0.508 e. The molecule has 0 fully saturated rings. The van der Waals surface area contributed by atoms with Crippen molar-refractivity contribution in [2.45, 2.75) is 6.42 Å². The van der Waals surface area contributed by atoms with Crippen molar-refractivity contribution in [2.24, 2.45) is 7.05 Å². The first-order chi connectivity index (χ1) is 10.1. The number of aryl methyl sites for hydroxylation is 1. The first kappa shape index (κ1) is 13.2. The van der Waals surface area contributed by atoms with Crippen molar-refractivity contribution >= 4 is 17.0 Å². The van der Waals surface area contributed by atoms with Crippen molar-refractivity contribution in [3.05, 3.63) is 59.4 Å². The molecule has 0 aliphatic heterocycles. The van der Waals surface area contributed by atoms with E-state index in [9.17, 15) is 9.90 Å². The third kappa shape index (κ3) is 2.33. The Hall–Kier alpha value is -2.82. The molecular weight excluding hydrogens is 268 g/mol. The summed E-state index contributed by atoms with van der Waals surface area (Å²) in [5.41, 5.74) is 2.64. The molecule has 0 atom stereocenters. The highest BCUT2D eigenvalue weighted by atomic mass is 16.4. The number of rotatable bonds is 3. The lowest BCUT2D eigenvalue weighted by atomic mass is 10.1. The third-order valence-corrected chi connectivity index (χ3v) is 3.56. The van der Waals surface area contributed by atoms with Gasteiger partial charge in [0.15, 0.2) is 0 Å². The van der Waals surface area contributed by atoms with E-state index in [1.165, 1.54) is 12.1 Å². The monoisotopic (exact) mass is 282 g/mol. The number of aromatic hydroxyl groups is 1. The molecule has 21 heavy (non-hydrogen) atoms. The van der Waals surface area contributed by atoms with Crippen LogP contribution >= 0.6 is 0 Å². The number of aromatic nitrogens is 2. The van der Waals surface area contributed by atoms with Gasteiger partial charge in [-0.25, -0.2) is 9.78 Å². The van der Waals surface area contributed by atoms with Gasteiger partial charge >= 0.3 is 5.97 Å². The molecule has 0 bridgehead atoms. The second kappa shape index (κ2) is 4.94. The molecule has 0 saturated heterocycles. The predicted molar refractivity (Wildman–Crippen MR) is 78.6 cm³/mol. The van der Waals surface area contributed by atoms with Crippen molar-refractivity contribution < 1.29 is 15.0 Å². The van der Waals surface area contributed by atoms with Gasteiger partial charge in [-0.15, -0.1) is 0 Å². The zero-order valence-corrected chi connectivity index (χ0v) is 11.4. The first-order valence-corrected chi connectivity index (χ1v) is 6.52. The highest BCUT2D eigenvalue weighted by Gasteiger charge is 2.12. The normalized spacial score (nSPS) is 10.9.